The number of aryl methyl sites for hydroxylation is 1. The number of thioether (sulfide) groups is 1. The van der Waals surface area contributed by atoms with Gasteiger partial charge in [-0.05, 0) is 31.2 Å². The number of nitrogens with zero attached hydrogens (tertiary/aromatic N) is 3. The fourth-order valence-corrected chi connectivity index (χ4v) is 4.32. The molecule has 0 aliphatic heterocycles. The van der Waals surface area contributed by atoms with Gasteiger partial charge in [-0.1, -0.05) is 53.2 Å². The van der Waals surface area contributed by atoms with Crippen molar-refractivity contribution in [3.05, 3.63) is 52.5 Å². The molecular formula is C20H20Cl2N4O2S. The van der Waals surface area contributed by atoms with Gasteiger partial charge >= 0.3 is 0 Å². The fourth-order valence-electron chi connectivity index (χ4n) is 2.81. The van der Waals surface area contributed by atoms with Crippen LogP contribution in [0.2, 0.25) is 10.0 Å². The van der Waals surface area contributed by atoms with Gasteiger partial charge in [0.15, 0.2) is 5.16 Å². The van der Waals surface area contributed by atoms with E-state index in [9.17, 15) is 9.59 Å². The molecule has 2 aromatic carbocycles. The number of halogens is 2. The number of hydrogen-bond acceptors (Lipinski definition) is 4. The van der Waals surface area contributed by atoms with E-state index in [0.29, 0.717) is 15.7 Å². The second kappa shape index (κ2) is 9.52. The molecule has 0 saturated heterocycles. The highest BCUT2D eigenvalue weighted by molar-refractivity contribution is 7.99. The molecule has 9 heteroatoms. The Labute approximate surface area is 183 Å². The van der Waals surface area contributed by atoms with E-state index in [1.165, 1.54) is 16.7 Å². The van der Waals surface area contributed by atoms with E-state index in [0.717, 1.165) is 22.7 Å². The number of amides is 2. The normalized spacial score (nSPS) is 10.9. The van der Waals surface area contributed by atoms with Crippen molar-refractivity contribution >= 4 is 63.5 Å². The number of hydrogen-bond donors (Lipinski definition) is 1. The first kappa shape index (κ1) is 21.5. The Balaban J connectivity index is 1.59. The minimum Gasteiger partial charge on any atom is -0.336 e. The molecule has 0 atom stereocenters. The summed E-state index contributed by atoms with van der Waals surface area (Å²) < 4.78 is 2.07. The lowest BCUT2D eigenvalue weighted by Crippen LogP contribution is -2.36. The monoisotopic (exact) mass is 450 g/mol. The summed E-state index contributed by atoms with van der Waals surface area (Å²) in [6.45, 7) is 2.69. The van der Waals surface area contributed by atoms with Crippen molar-refractivity contribution in [3.63, 3.8) is 0 Å². The van der Waals surface area contributed by atoms with Crippen molar-refractivity contribution in [2.24, 2.45) is 0 Å². The zero-order valence-electron chi connectivity index (χ0n) is 16.0. The second-order valence-corrected chi connectivity index (χ2v) is 8.07. The average molecular weight is 451 g/mol. The van der Waals surface area contributed by atoms with Gasteiger partial charge in [-0.25, -0.2) is 4.98 Å². The van der Waals surface area contributed by atoms with Crippen molar-refractivity contribution < 1.29 is 9.59 Å². The molecule has 0 aliphatic rings. The number of rotatable bonds is 7. The van der Waals surface area contributed by atoms with Crippen LogP contribution in [-0.2, 0) is 16.1 Å². The number of carbonyl (C=O) groups excluding carboxylic acids is 2. The minimum absolute atomic E-state index is 0.106. The molecule has 0 unspecified atom stereocenters. The highest BCUT2D eigenvalue weighted by atomic mass is 35.5. The summed E-state index contributed by atoms with van der Waals surface area (Å²) in [5, 5.41) is 4.12. The molecule has 152 valence electrons. The molecule has 0 spiro atoms. The van der Waals surface area contributed by atoms with Crippen LogP contribution in [0.5, 0.6) is 0 Å². The maximum atomic E-state index is 12.5. The molecule has 1 aromatic heterocycles. The Morgan fingerprint density at radius 1 is 1.14 bits per heavy atom. The van der Waals surface area contributed by atoms with Gasteiger partial charge in [0, 0.05) is 13.6 Å². The quantitative estimate of drug-likeness (QED) is 0.536. The molecule has 0 fully saturated rings. The standard InChI is InChI=1S/C20H20Cl2N4O2S/c1-3-26-16-10-5-4-9-15(16)23-20(26)29-12-18(28)25(2)11-17(27)24-19-13(21)7-6-8-14(19)22/h4-10H,3,11-12H2,1-2H3,(H,24,27). The lowest BCUT2D eigenvalue weighted by molar-refractivity contribution is -0.131. The summed E-state index contributed by atoms with van der Waals surface area (Å²) in [6, 6.07) is 12.8. The summed E-state index contributed by atoms with van der Waals surface area (Å²) in [5.41, 5.74) is 2.27. The smallest absolute Gasteiger partial charge is 0.244 e. The first-order valence-corrected chi connectivity index (χ1v) is 10.7. The summed E-state index contributed by atoms with van der Waals surface area (Å²) in [6.07, 6.45) is 0. The van der Waals surface area contributed by atoms with E-state index in [4.69, 9.17) is 23.2 Å². The first-order valence-electron chi connectivity index (χ1n) is 8.96. The van der Waals surface area contributed by atoms with E-state index in [1.54, 1.807) is 25.2 Å². The van der Waals surface area contributed by atoms with Gasteiger partial charge in [0.2, 0.25) is 11.8 Å². The third-order valence-electron chi connectivity index (χ3n) is 4.29. The fraction of sp³-hybridized carbons (Fsp3) is 0.250. The molecule has 2 amide bonds. The predicted molar refractivity (Wildman–Crippen MR) is 119 cm³/mol. The van der Waals surface area contributed by atoms with Crippen LogP contribution in [0, 0.1) is 0 Å². The van der Waals surface area contributed by atoms with Crippen molar-refractivity contribution in [2.45, 2.75) is 18.6 Å². The summed E-state index contributed by atoms with van der Waals surface area (Å²) in [7, 11) is 1.58. The van der Waals surface area contributed by atoms with E-state index in [1.807, 2.05) is 31.2 Å². The number of nitrogens with one attached hydrogen (secondary N) is 1. The summed E-state index contributed by atoms with van der Waals surface area (Å²) >= 11 is 13.5. The summed E-state index contributed by atoms with van der Waals surface area (Å²) in [5.74, 6) is -0.369. The van der Waals surface area contributed by atoms with Gasteiger partial charge in [0.1, 0.15) is 0 Å². The number of benzene rings is 2. The molecule has 0 saturated carbocycles. The van der Waals surface area contributed by atoms with E-state index in [-0.39, 0.29) is 24.1 Å². The van der Waals surface area contributed by atoms with E-state index in [2.05, 4.69) is 14.9 Å². The molecule has 1 N–H and O–H groups in total. The molecule has 3 aromatic rings. The van der Waals surface area contributed by atoms with Crippen molar-refractivity contribution in [1.29, 1.82) is 0 Å². The van der Waals surface area contributed by atoms with Gasteiger partial charge in [-0.3, -0.25) is 9.59 Å². The van der Waals surface area contributed by atoms with Gasteiger partial charge < -0.3 is 14.8 Å². The average Bonchev–Trinajstić information content (AvgIpc) is 3.06. The van der Waals surface area contributed by atoms with Crippen LogP contribution >= 0.6 is 35.0 Å². The molecular weight excluding hydrogens is 431 g/mol. The van der Waals surface area contributed by atoms with Crippen LogP contribution in [0.4, 0.5) is 5.69 Å². The minimum atomic E-state index is -0.373. The molecule has 1 heterocycles. The molecule has 0 bridgehead atoms. The van der Waals surface area contributed by atoms with Gasteiger partial charge in [0.25, 0.3) is 0 Å². The van der Waals surface area contributed by atoms with Crippen LogP contribution in [0.25, 0.3) is 11.0 Å². The van der Waals surface area contributed by atoms with E-state index >= 15 is 0 Å². The number of para-hydroxylation sites is 3. The third-order valence-corrected chi connectivity index (χ3v) is 5.89. The van der Waals surface area contributed by atoms with Gasteiger partial charge in [-0.15, -0.1) is 0 Å². The van der Waals surface area contributed by atoms with Gasteiger partial charge in [-0.2, -0.15) is 0 Å². The second-order valence-electron chi connectivity index (χ2n) is 6.31. The van der Waals surface area contributed by atoms with Crippen molar-refractivity contribution in [1.82, 2.24) is 14.5 Å². The Hall–Kier alpha value is -2.22. The third kappa shape index (κ3) is 5.04. The lowest BCUT2D eigenvalue weighted by atomic mass is 10.3. The highest BCUT2D eigenvalue weighted by Crippen LogP contribution is 2.29. The van der Waals surface area contributed by atoms with E-state index < -0.39 is 0 Å². The summed E-state index contributed by atoms with van der Waals surface area (Å²) in [4.78, 5) is 30.7. The zero-order valence-corrected chi connectivity index (χ0v) is 18.3. The number of aromatic nitrogens is 2. The number of carbonyl (C=O) groups is 2. The molecule has 6 nitrogen and oxygen atoms in total. The van der Waals surface area contributed by atoms with Crippen LogP contribution in [0.3, 0.4) is 0 Å². The molecule has 0 aliphatic carbocycles. The van der Waals surface area contributed by atoms with Gasteiger partial charge in [0.05, 0.1) is 39.1 Å². The number of imidazole rings is 1. The van der Waals surface area contributed by atoms with Crippen LogP contribution in [0.1, 0.15) is 6.92 Å². The number of anilines is 1. The maximum Gasteiger partial charge on any atom is 0.244 e. The lowest BCUT2D eigenvalue weighted by Gasteiger charge is -2.17. The molecule has 0 radical (unpaired) electrons. The number of fused-ring (bicyclic) bond motifs is 1. The molecule has 3 rings (SSSR count). The van der Waals surface area contributed by atoms with Crippen LogP contribution in [-0.4, -0.2) is 45.6 Å². The maximum absolute atomic E-state index is 12.5. The highest BCUT2D eigenvalue weighted by Gasteiger charge is 2.17. The van der Waals surface area contributed by atoms with Crippen molar-refractivity contribution in [3.8, 4) is 0 Å². The Kier molecular flexibility index (Phi) is 7.05. The van der Waals surface area contributed by atoms with Crippen molar-refractivity contribution in [2.75, 3.05) is 24.7 Å². The predicted octanol–water partition coefficient (Wildman–Crippen LogP) is 4.55. The largest absolute Gasteiger partial charge is 0.336 e. The van der Waals surface area contributed by atoms with Crippen LogP contribution in [0.15, 0.2) is 47.6 Å². The van der Waals surface area contributed by atoms with Crippen LogP contribution < -0.4 is 5.32 Å². The Bertz CT molecular complexity index is 1030. The first-order chi connectivity index (χ1) is 13.9. The molecule has 29 heavy (non-hydrogen) atoms. The Morgan fingerprint density at radius 2 is 1.83 bits per heavy atom. The SMILES string of the molecule is CCn1c(SCC(=O)N(C)CC(=O)Nc2c(Cl)cccc2Cl)nc2ccccc21. The Morgan fingerprint density at radius 3 is 2.52 bits per heavy atom. The topological polar surface area (TPSA) is 67.2 Å². The number of likely N-dealkylation sites (N-methyl/N-ethyl adjacent to an activating group) is 1. The zero-order chi connectivity index (χ0) is 21.0.